The van der Waals surface area contributed by atoms with Crippen LogP contribution in [-0.2, 0) is 16.0 Å². The number of carbonyl (C=O) groups is 2. The summed E-state index contributed by atoms with van der Waals surface area (Å²) in [6.45, 7) is 3.51. The van der Waals surface area contributed by atoms with Crippen molar-refractivity contribution in [2.45, 2.75) is 38.2 Å². The van der Waals surface area contributed by atoms with Gasteiger partial charge in [-0.05, 0) is 56.4 Å². The van der Waals surface area contributed by atoms with E-state index in [-0.39, 0.29) is 31.2 Å². The van der Waals surface area contributed by atoms with E-state index >= 15 is 0 Å². The van der Waals surface area contributed by atoms with Crippen LogP contribution in [-0.4, -0.2) is 66.6 Å². The highest BCUT2D eigenvalue weighted by Gasteiger charge is 2.46. The molecular weight excluding hydrogens is 442 g/mol. The maximum atomic E-state index is 14.3. The summed E-state index contributed by atoms with van der Waals surface area (Å²) in [5, 5.41) is 0. The minimum Gasteiger partial charge on any atom is -0.491 e. The summed E-state index contributed by atoms with van der Waals surface area (Å²) in [5.41, 5.74) is -0.296. The molecule has 0 saturated carbocycles. The lowest BCUT2D eigenvalue weighted by Gasteiger charge is -2.44. The molecule has 0 radical (unpaired) electrons. The van der Waals surface area contributed by atoms with Gasteiger partial charge >= 0.3 is 0 Å². The molecule has 2 heterocycles. The van der Waals surface area contributed by atoms with E-state index in [2.05, 4.69) is 0 Å². The lowest BCUT2D eigenvalue weighted by molar-refractivity contribution is -0.170. The molecule has 0 aromatic heterocycles. The van der Waals surface area contributed by atoms with Gasteiger partial charge in [-0.2, -0.15) is 0 Å². The number of hydrogen-bond donors (Lipinski definition) is 0. The van der Waals surface area contributed by atoms with Crippen LogP contribution < -0.4 is 4.74 Å². The summed E-state index contributed by atoms with van der Waals surface area (Å²) in [6.07, 6.45) is 2.79. The molecule has 2 aliphatic rings. The van der Waals surface area contributed by atoms with E-state index in [0.717, 1.165) is 36.3 Å². The van der Waals surface area contributed by atoms with Gasteiger partial charge in [0.15, 0.2) is 5.60 Å². The summed E-state index contributed by atoms with van der Waals surface area (Å²) in [7, 11) is 0. The van der Waals surface area contributed by atoms with Crippen LogP contribution in [0.15, 0.2) is 42.5 Å². The number of aryl methyl sites for hydroxylation is 1. The van der Waals surface area contributed by atoms with Gasteiger partial charge in [-0.3, -0.25) is 9.59 Å². The van der Waals surface area contributed by atoms with E-state index in [9.17, 15) is 18.4 Å². The number of benzene rings is 2. The quantitative estimate of drug-likeness (QED) is 0.667. The molecule has 1 atom stereocenters. The van der Waals surface area contributed by atoms with Crippen molar-refractivity contribution in [3.8, 4) is 5.75 Å². The molecule has 1 spiro atoms. The molecule has 1 fully saturated rings. The summed E-state index contributed by atoms with van der Waals surface area (Å²) >= 11 is 0. The zero-order valence-electron chi connectivity index (χ0n) is 19.4. The van der Waals surface area contributed by atoms with Crippen LogP contribution in [0.4, 0.5) is 8.78 Å². The van der Waals surface area contributed by atoms with Crippen molar-refractivity contribution in [2.75, 3.05) is 39.4 Å². The molecule has 1 unspecified atom stereocenters. The Hall–Kier alpha value is -3.00. The second-order valence-electron chi connectivity index (χ2n) is 8.74. The number of carbonyl (C=O) groups excluding carboxylic acids is 2. The Morgan fingerprint density at radius 3 is 2.71 bits per heavy atom. The molecule has 2 aromatic rings. The van der Waals surface area contributed by atoms with Gasteiger partial charge in [-0.15, -0.1) is 0 Å². The first-order valence-electron chi connectivity index (χ1n) is 11.8. The molecule has 0 aliphatic carbocycles. The van der Waals surface area contributed by atoms with E-state index in [4.69, 9.17) is 9.47 Å². The first kappa shape index (κ1) is 24.1. The number of fused-ring (bicyclic) bond motifs is 1. The Labute approximate surface area is 198 Å². The highest BCUT2D eigenvalue weighted by Crippen LogP contribution is 2.30. The number of likely N-dealkylation sites (N-methyl/N-ethyl adjacent to an activating group) is 1. The molecule has 6 nitrogen and oxygen atoms in total. The fourth-order valence-electron chi connectivity index (χ4n) is 4.71. The Morgan fingerprint density at radius 1 is 1.09 bits per heavy atom. The predicted octanol–water partition coefficient (Wildman–Crippen LogP) is 3.83. The van der Waals surface area contributed by atoms with Crippen molar-refractivity contribution >= 4 is 11.8 Å². The molecule has 0 N–H and O–H groups in total. The third kappa shape index (κ3) is 5.06. The van der Waals surface area contributed by atoms with E-state index in [1.54, 1.807) is 4.90 Å². The molecular formula is C26H30F2N2O4. The second kappa shape index (κ2) is 10.5. The lowest BCUT2D eigenvalue weighted by Crippen LogP contribution is -2.62. The molecule has 4 rings (SSSR count). The van der Waals surface area contributed by atoms with Crippen LogP contribution in [0.3, 0.4) is 0 Å². The predicted molar refractivity (Wildman–Crippen MR) is 123 cm³/mol. The van der Waals surface area contributed by atoms with Gasteiger partial charge in [0.25, 0.3) is 11.8 Å². The maximum Gasteiger partial charge on any atom is 0.257 e. The number of ether oxygens (including phenoxy) is 2. The lowest BCUT2D eigenvalue weighted by atomic mass is 9.90. The topological polar surface area (TPSA) is 59.1 Å². The van der Waals surface area contributed by atoms with Crippen LogP contribution in [0.2, 0.25) is 0 Å². The van der Waals surface area contributed by atoms with Crippen LogP contribution in [0, 0.1) is 11.6 Å². The highest BCUT2D eigenvalue weighted by molar-refractivity contribution is 5.95. The van der Waals surface area contributed by atoms with Gasteiger partial charge in [0.1, 0.15) is 24.0 Å². The highest BCUT2D eigenvalue weighted by atomic mass is 19.1. The smallest absolute Gasteiger partial charge is 0.257 e. The van der Waals surface area contributed by atoms with Gasteiger partial charge in [0, 0.05) is 19.2 Å². The maximum absolute atomic E-state index is 14.3. The van der Waals surface area contributed by atoms with Crippen LogP contribution in [0.5, 0.6) is 5.75 Å². The minimum atomic E-state index is -1.21. The fourth-order valence-corrected chi connectivity index (χ4v) is 4.71. The van der Waals surface area contributed by atoms with Crippen LogP contribution in [0.1, 0.15) is 42.1 Å². The van der Waals surface area contributed by atoms with Crippen molar-refractivity contribution in [2.24, 2.45) is 0 Å². The van der Waals surface area contributed by atoms with Gasteiger partial charge in [-0.1, -0.05) is 18.2 Å². The van der Waals surface area contributed by atoms with Crippen LogP contribution in [0.25, 0.3) is 0 Å². The monoisotopic (exact) mass is 472 g/mol. The Bertz CT molecular complexity index is 1050. The normalized spacial score (nSPS) is 21.9. The molecule has 2 aromatic carbocycles. The summed E-state index contributed by atoms with van der Waals surface area (Å²) in [5.74, 6) is -1.58. The number of nitrogens with zero attached hydrogens (tertiary/aromatic N) is 2. The van der Waals surface area contributed by atoms with Crippen molar-refractivity contribution in [3.63, 3.8) is 0 Å². The summed E-state index contributed by atoms with van der Waals surface area (Å²) < 4.78 is 39.7. The van der Waals surface area contributed by atoms with Gasteiger partial charge in [-0.25, -0.2) is 8.78 Å². The van der Waals surface area contributed by atoms with Gasteiger partial charge in [0.05, 0.1) is 25.3 Å². The number of hydrogen-bond acceptors (Lipinski definition) is 4. The van der Waals surface area contributed by atoms with E-state index < -0.39 is 23.1 Å². The summed E-state index contributed by atoms with van der Waals surface area (Å²) in [4.78, 5) is 29.9. The van der Waals surface area contributed by atoms with Crippen LogP contribution >= 0.6 is 0 Å². The van der Waals surface area contributed by atoms with E-state index in [1.165, 1.54) is 4.90 Å². The second-order valence-corrected chi connectivity index (χ2v) is 8.74. The van der Waals surface area contributed by atoms with Crippen molar-refractivity contribution in [1.82, 2.24) is 9.80 Å². The molecule has 1 saturated heterocycles. The number of halogens is 2. The molecule has 0 bridgehead atoms. The average Bonchev–Trinajstić information content (AvgIpc) is 2.84. The van der Waals surface area contributed by atoms with Gasteiger partial charge < -0.3 is 19.3 Å². The van der Waals surface area contributed by atoms with Crippen molar-refractivity contribution < 1.29 is 27.8 Å². The zero-order chi connectivity index (χ0) is 24.1. The van der Waals surface area contributed by atoms with Gasteiger partial charge in [0.2, 0.25) is 0 Å². The van der Waals surface area contributed by atoms with E-state index in [0.29, 0.717) is 38.6 Å². The standard InChI is InChI=1S/C26H30F2N2O4/c1-2-29-13-15-33-23-9-4-3-7-19(23)8-5-6-12-26(25(29)32)18-30(14-16-34-26)24(31)21-11-10-20(27)17-22(21)28/h3-4,7,9-11,17H,2,5-6,8,12-16,18H2,1H3. The van der Waals surface area contributed by atoms with Crippen molar-refractivity contribution in [3.05, 3.63) is 65.2 Å². The Kier molecular flexibility index (Phi) is 7.46. The third-order valence-corrected chi connectivity index (χ3v) is 6.56. The van der Waals surface area contributed by atoms with Crippen molar-refractivity contribution in [1.29, 1.82) is 0 Å². The largest absolute Gasteiger partial charge is 0.491 e. The third-order valence-electron chi connectivity index (χ3n) is 6.56. The fraction of sp³-hybridized carbons (Fsp3) is 0.462. The molecule has 34 heavy (non-hydrogen) atoms. The van der Waals surface area contributed by atoms with E-state index in [1.807, 2.05) is 31.2 Å². The average molecular weight is 473 g/mol. The molecule has 8 heteroatoms. The Balaban J connectivity index is 1.58. The number of para-hydroxylation sites is 1. The first-order chi connectivity index (χ1) is 16.4. The minimum absolute atomic E-state index is 0.0232. The zero-order valence-corrected chi connectivity index (χ0v) is 19.4. The number of amides is 2. The molecule has 2 amide bonds. The summed E-state index contributed by atoms with van der Waals surface area (Å²) in [6, 6.07) is 10.8. The first-order valence-corrected chi connectivity index (χ1v) is 11.8. The Morgan fingerprint density at radius 2 is 1.91 bits per heavy atom. The SMILES string of the molecule is CCN1CCOc2ccccc2CCCCC2(CN(C(=O)c3ccc(F)cc3F)CCO2)C1=O. The number of rotatable bonds is 2. The molecule has 2 aliphatic heterocycles. The molecule has 182 valence electrons. The number of morpholine rings is 1.